The van der Waals surface area contributed by atoms with Crippen molar-refractivity contribution in [3.63, 3.8) is 0 Å². The van der Waals surface area contributed by atoms with Gasteiger partial charge < -0.3 is 20.1 Å². The number of likely N-dealkylation sites (tertiary alicyclic amines) is 1. The highest BCUT2D eigenvalue weighted by Gasteiger charge is 2.55. The highest BCUT2D eigenvalue weighted by molar-refractivity contribution is 5.72. The normalized spacial score (nSPS) is 19.3. The van der Waals surface area contributed by atoms with E-state index in [-0.39, 0.29) is 17.2 Å². The molecule has 1 atom stereocenters. The molecular formula is C31H42N6O3. The topological polar surface area (TPSA) is 105 Å². The van der Waals surface area contributed by atoms with Crippen molar-refractivity contribution in [2.24, 2.45) is 5.41 Å². The minimum Gasteiger partial charge on any atom is -0.381 e. The first-order valence-corrected chi connectivity index (χ1v) is 14.3. The van der Waals surface area contributed by atoms with Gasteiger partial charge in [-0.05, 0) is 43.0 Å². The largest absolute Gasteiger partial charge is 0.381 e. The Morgan fingerprint density at radius 2 is 1.88 bits per heavy atom. The van der Waals surface area contributed by atoms with E-state index in [1.165, 1.54) is 12.5 Å². The molecule has 0 unspecified atom stereocenters. The molecule has 2 aromatic heterocycles. The van der Waals surface area contributed by atoms with Crippen molar-refractivity contribution in [2.75, 3.05) is 39.9 Å². The minimum absolute atomic E-state index is 0.0688. The second-order valence-corrected chi connectivity index (χ2v) is 12.1. The number of aliphatic hydroxyl groups is 1. The number of hydrogen-bond donors (Lipinski definition) is 2. The van der Waals surface area contributed by atoms with Crippen LogP contribution in [0.15, 0.2) is 42.7 Å². The van der Waals surface area contributed by atoms with Gasteiger partial charge in [0, 0.05) is 74.6 Å². The maximum Gasteiger partial charge on any atom is 0.216 e. The van der Waals surface area contributed by atoms with Gasteiger partial charge in [-0.1, -0.05) is 45.0 Å². The molecule has 40 heavy (non-hydrogen) atoms. The van der Waals surface area contributed by atoms with Crippen LogP contribution >= 0.6 is 0 Å². The summed E-state index contributed by atoms with van der Waals surface area (Å²) in [5, 5.41) is 20.4. The third-order valence-electron chi connectivity index (χ3n) is 8.50. The van der Waals surface area contributed by atoms with E-state index in [0.717, 1.165) is 48.4 Å². The molecule has 3 aromatic rings. The molecule has 214 valence electrons. The van der Waals surface area contributed by atoms with Crippen molar-refractivity contribution in [2.45, 2.75) is 64.5 Å². The van der Waals surface area contributed by atoms with Gasteiger partial charge in [-0.25, -0.2) is 9.67 Å². The molecule has 0 saturated carbocycles. The lowest BCUT2D eigenvalue weighted by atomic mass is 9.62. The van der Waals surface area contributed by atoms with Crippen molar-refractivity contribution in [1.82, 2.24) is 30.0 Å². The van der Waals surface area contributed by atoms with Crippen molar-refractivity contribution in [3.05, 3.63) is 65.2 Å². The SMILES string of the molecule is CC(=O)NCCn1nc(-c2cncc([C@@](O)(c3ccc(C(C)C)cc3)C3(C)CN(C)C3)c2)nc1C1CCOCC1. The van der Waals surface area contributed by atoms with Crippen LogP contribution in [0.4, 0.5) is 0 Å². The quantitative estimate of drug-likeness (QED) is 0.422. The summed E-state index contributed by atoms with van der Waals surface area (Å²) < 4.78 is 7.49. The van der Waals surface area contributed by atoms with Crippen LogP contribution in [0.25, 0.3) is 11.4 Å². The van der Waals surface area contributed by atoms with Crippen LogP contribution in [0.1, 0.15) is 74.9 Å². The molecular weight excluding hydrogens is 504 g/mol. The number of rotatable bonds is 9. The fourth-order valence-corrected chi connectivity index (χ4v) is 6.34. The average molecular weight is 547 g/mol. The van der Waals surface area contributed by atoms with Crippen LogP contribution < -0.4 is 5.32 Å². The second-order valence-electron chi connectivity index (χ2n) is 12.1. The standard InChI is InChI=1S/C31H42N6O3/c1-21(2)23-6-8-26(9-7-23)31(39,30(4)19-36(5)20-30)27-16-25(17-32-18-27)28-34-29(24-10-14-40-15-11-24)37(35-28)13-12-33-22(3)38/h6-9,16-18,21,24,39H,10-15,19-20H2,1-5H3,(H,33,38)/t31-/m0/s1. The molecule has 2 aliphatic rings. The molecule has 4 heterocycles. The fourth-order valence-electron chi connectivity index (χ4n) is 6.34. The Morgan fingerprint density at radius 3 is 2.50 bits per heavy atom. The van der Waals surface area contributed by atoms with Gasteiger partial charge in [0.25, 0.3) is 0 Å². The number of nitrogens with zero attached hydrogens (tertiary/aromatic N) is 5. The number of hydrogen-bond acceptors (Lipinski definition) is 7. The Labute approximate surface area is 237 Å². The monoisotopic (exact) mass is 546 g/mol. The minimum atomic E-state index is -1.24. The molecule has 2 saturated heterocycles. The summed E-state index contributed by atoms with van der Waals surface area (Å²) in [6.07, 6.45) is 5.31. The Morgan fingerprint density at radius 1 is 1.18 bits per heavy atom. The fraction of sp³-hybridized carbons (Fsp3) is 0.548. The lowest BCUT2D eigenvalue weighted by molar-refractivity contribution is -0.127. The Balaban J connectivity index is 1.54. The van der Waals surface area contributed by atoms with E-state index in [0.29, 0.717) is 38.0 Å². The molecule has 2 fully saturated rings. The molecule has 0 radical (unpaired) electrons. The summed E-state index contributed by atoms with van der Waals surface area (Å²) >= 11 is 0. The van der Waals surface area contributed by atoms with Gasteiger partial charge in [0.1, 0.15) is 11.4 Å². The van der Waals surface area contributed by atoms with Gasteiger partial charge in [0.15, 0.2) is 5.82 Å². The lowest BCUT2D eigenvalue weighted by Gasteiger charge is -2.55. The van der Waals surface area contributed by atoms with Crippen LogP contribution in [0.2, 0.25) is 0 Å². The van der Waals surface area contributed by atoms with Crippen molar-refractivity contribution in [1.29, 1.82) is 0 Å². The first-order chi connectivity index (χ1) is 19.1. The number of pyridine rings is 1. The van der Waals surface area contributed by atoms with Crippen LogP contribution in [0.3, 0.4) is 0 Å². The summed E-state index contributed by atoms with van der Waals surface area (Å²) in [6, 6.07) is 10.3. The summed E-state index contributed by atoms with van der Waals surface area (Å²) in [5.41, 5.74) is 1.97. The van der Waals surface area contributed by atoms with Crippen LogP contribution in [0, 0.1) is 5.41 Å². The Kier molecular flexibility index (Phi) is 8.08. The number of carbonyl (C=O) groups is 1. The number of nitrogens with one attached hydrogen (secondary N) is 1. The molecule has 1 aromatic carbocycles. The van der Waals surface area contributed by atoms with Gasteiger partial charge in [0.05, 0.1) is 6.54 Å². The van der Waals surface area contributed by atoms with E-state index >= 15 is 0 Å². The zero-order valence-electron chi connectivity index (χ0n) is 24.4. The number of benzene rings is 1. The number of aromatic nitrogens is 4. The van der Waals surface area contributed by atoms with Gasteiger partial charge in [-0.3, -0.25) is 9.78 Å². The average Bonchev–Trinajstić information content (AvgIpc) is 3.36. The van der Waals surface area contributed by atoms with E-state index < -0.39 is 5.60 Å². The molecule has 1 amide bonds. The summed E-state index contributed by atoms with van der Waals surface area (Å²) in [6.45, 7) is 12.0. The van der Waals surface area contributed by atoms with Crippen molar-refractivity contribution >= 4 is 5.91 Å². The predicted octanol–water partition coefficient (Wildman–Crippen LogP) is 3.68. The Bertz CT molecular complexity index is 1330. The van der Waals surface area contributed by atoms with E-state index in [1.807, 2.05) is 10.7 Å². The highest BCUT2D eigenvalue weighted by atomic mass is 16.5. The number of amides is 1. The van der Waals surface area contributed by atoms with E-state index in [4.69, 9.17) is 14.8 Å². The third-order valence-corrected chi connectivity index (χ3v) is 8.50. The highest BCUT2D eigenvalue weighted by Crippen LogP contribution is 2.50. The lowest BCUT2D eigenvalue weighted by Crippen LogP contribution is -2.63. The van der Waals surface area contributed by atoms with Gasteiger partial charge >= 0.3 is 0 Å². The molecule has 9 heteroatoms. The molecule has 0 bridgehead atoms. The molecule has 0 aliphatic carbocycles. The molecule has 9 nitrogen and oxygen atoms in total. The van der Waals surface area contributed by atoms with E-state index in [2.05, 4.69) is 67.3 Å². The maximum absolute atomic E-state index is 12.6. The smallest absolute Gasteiger partial charge is 0.216 e. The summed E-state index contributed by atoms with van der Waals surface area (Å²) in [7, 11) is 2.08. The van der Waals surface area contributed by atoms with Crippen LogP contribution in [-0.2, 0) is 21.7 Å². The van der Waals surface area contributed by atoms with Crippen LogP contribution in [-0.4, -0.2) is 75.6 Å². The van der Waals surface area contributed by atoms with Crippen LogP contribution in [0.5, 0.6) is 0 Å². The van der Waals surface area contributed by atoms with Crippen molar-refractivity contribution < 1.29 is 14.6 Å². The van der Waals surface area contributed by atoms with E-state index in [9.17, 15) is 9.90 Å². The molecule has 5 rings (SSSR count). The molecule has 0 spiro atoms. The number of carbonyl (C=O) groups excluding carboxylic acids is 1. The van der Waals surface area contributed by atoms with E-state index in [1.54, 1.807) is 12.4 Å². The zero-order chi connectivity index (χ0) is 28.5. The predicted molar refractivity (Wildman–Crippen MR) is 154 cm³/mol. The van der Waals surface area contributed by atoms with Crippen molar-refractivity contribution in [3.8, 4) is 11.4 Å². The summed E-state index contributed by atoms with van der Waals surface area (Å²) in [5.74, 6) is 2.06. The van der Waals surface area contributed by atoms with Gasteiger partial charge in [-0.2, -0.15) is 5.10 Å². The third kappa shape index (κ3) is 5.42. The first-order valence-electron chi connectivity index (χ1n) is 14.3. The zero-order valence-corrected chi connectivity index (χ0v) is 24.4. The maximum atomic E-state index is 12.6. The van der Waals surface area contributed by atoms with Gasteiger partial charge in [-0.15, -0.1) is 0 Å². The first kappa shape index (κ1) is 28.4. The second kappa shape index (κ2) is 11.4. The Hall–Kier alpha value is -3.14. The summed E-state index contributed by atoms with van der Waals surface area (Å²) in [4.78, 5) is 23.3. The molecule has 2 N–H and O–H groups in total. The molecule has 2 aliphatic heterocycles. The number of ether oxygens (including phenoxy) is 1. The van der Waals surface area contributed by atoms with Gasteiger partial charge in [0.2, 0.25) is 5.91 Å².